The summed E-state index contributed by atoms with van der Waals surface area (Å²) in [6, 6.07) is 17.1. The molecule has 0 fully saturated rings. The highest BCUT2D eigenvalue weighted by molar-refractivity contribution is 5.98. The molecule has 0 aliphatic heterocycles. The summed E-state index contributed by atoms with van der Waals surface area (Å²) in [7, 11) is 0. The Morgan fingerprint density at radius 2 is 1.77 bits per heavy atom. The SMILES string of the molecule is CCOC(=O)c1c(C)nc2c(N=Nc3ccccc3)c(N)nn2c1-c1ccc(C)cc1. The first-order valence-corrected chi connectivity index (χ1v) is 9.89. The number of azo groups is 1. The van der Waals surface area contributed by atoms with Gasteiger partial charge in [-0.1, -0.05) is 48.0 Å². The Morgan fingerprint density at radius 1 is 1.06 bits per heavy atom. The molecule has 0 saturated heterocycles. The molecule has 2 aromatic carbocycles. The Morgan fingerprint density at radius 3 is 2.45 bits per heavy atom. The van der Waals surface area contributed by atoms with Gasteiger partial charge in [0.2, 0.25) is 0 Å². The number of hydrogen-bond donors (Lipinski definition) is 1. The van der Waals surface area contributed by atoms with Gasteiger partial charge in [0.05, 0.1) is 23.7 Å². The zero-order chi connectivity index (χ0) is 22.0. The van der Waals surface area contributed by atoms with Crippen molar-refractivity contribution in [2.45, 2.75) is 20.8 Å². The largest absolute Gasteiger partial charge is 0.462 e. The van der Waals surface area contributed by atoms with E-state index in [2.05, 4.69) is 20.3 Å². The lowest BCUT2D eigenvalue weighted by molar-refractivity contribution is 0.0525. The third-order valence-electron chi connectivity index (χ3n) is 4.77. The standard InChI is InChI=1S/C23H22N6O2/c1-4-31-23(30)18-15(3)25-22-19(27-26-17-8-6-5-7-9-17)21(24)28-29(22)20(18)16-12-10-14(2)11-13-16/h5-13H,4H2,1-3H3,(H2,24,28). The number of benzene rings is 2. The summed E-state index contributed by atoms with van der Waals surface area (Å²) in [6.07, 6.45) is 0. The number of aryl methyl sites for hydroxylation is 2. The van der Waals surface area contributed by atoms with Crippen molar-refractivity contribution in [1.82, 2.24) is 14.6 Å². The highest BCUT2D eigenvalue weighted by Crippen LogP contribution is 2.34. The Labute approximate surface area is 179 Å². The molecule has 0 radical (unpaired) electrons. The first-order valence-electron chi connectivity index (χ1n) is 9.89. The van der Waals surface area contributed by atoms with E-state index in [1.807, 2.05) is 61.5 Å². The van der Waals surface area contributed by atoms with Crippen molar-refractivity contribution < 1.29 is 9.53 Å². The van der Waals surface area contributed by atoms with Crippen molar-refractivity contribution in [3.63, 3.8) is 0 Å². The summed E-state index contributed by atoms with van der Waals surface area (Å²) in [6.45, 7) is 5.77. The minimum atomic E-state index is -0.466. The second kappa shape index (κ2) is 8.35. The van der Waals surface area contributed by atoms with E-state index in [9.17, 15) is 4.79 Å². The zero-order valence-corrected chi connectivity index (χ0v) is 17.5. The van der Waals surface area contributed by atoms with Gasteiger partial charge in [0.1, 0.15) is 5.56 Å². The molecule has 0 saturated carbocycles. The van der Waals surface area contributed by atoms with Crippen LogP contribution >= 0.6 is 0 Å². The number of ether oxygens (including phenoxy) is 1. The second-order valence-electron chi connectivity index (χ2n) is 7.01. The van der Waals surface area contributed by atoms with Gasteiger partial charge in [0.25, 0.3) is 0 Å². The molecule has 2 aromatic heterocycles. The molecule has 156 valence electrons. The van der Waals surface area contributed by atoms with E-state index in [0.717, 1.165) is 11.1 Å². The van der Waals surface area contributed by atoms with Crippen LogP contribution in [0.4, 0.5) is 17.2 Å². The monoisotopic (exact) mass is 414 g/mol. The van der Waals surface area contributed by atoms with E-state index in [-0.39, 0.29) is 12.4 Å². The van der Waals surface area contributed by atoms with Crippen molar-refractivity contribution in [2.75, 3.05) is 12.3 Å². The molecule has 4 rings (SSSR count). The Kier molecular flexibility index (Phi) is 5.44. The van der Waals surface area contributed by atoms with Crippen molar-refractivity contribution in [3.8, 4) is 11.3 Å². The third kappa shape index (κ3) is 3.87. The molecule has 0 aliphatic rings. The zero-order valence-electron chi connectivity index (χ0n) is 17.5. The predicted octanol–water partition coefficient (Wildman–Crippen LogP) is 5.19. The normalized spacial score (nSPS) is 11.3. The number of aromatic nitrogens is 3. The van der Waals surface area contributed by atoms with Crippen LogP contribution in [0.2, 0.25) is 0 Å². The van der Waals surface area contributed by atoms with Crippen LogP contribution in [0.3, 0.4) is 0 Å². The summed E-state index contributed by atoms with van der Waals surface area (Å²) in [5.41, 5.74) is 10.9. The number of nitrogen functional groups attached to an aromatic ring is 1. The van der Waals surface area contributed by atoms with E-state index in [1.165, 1.54) is 0 Å². The molecule has 0 unspecified atom stereocenters. The first kappa shape index (κ1) is 20.2. The van der Waals surface area contributed by atoms with Gasteiger partial charge in [-0.2, -0.15) is 5.11 Å². The maximum atomic E-state index is 12.8. The Bertz CT molecular complexity index is 1280. The molecular weight excluding hydrogens is 392 g/mol. The predicted molar refractivity (Wildman–Crippen MR) is 119 cm³/mol. The minimum absolute atomic E-state index is 0.168. The number of rotatable bonds is 5. The van der Waals surface area contributed by atoms with Gasteiger partial charge in [0, 0.05) is 5.56 Å². The topological polar surface area (TPSA) is 107 Å². The molecule has 2 N–H and O–H groups in total. The fraction of sp³-hybridized carbons (Fsp3) is 0.174. The van der Waals surface area contributed by atoms with Crippen molar-refractivity contribution in [1.29, 1.82) is 0 Å². The minimum Gasteiger partial charge on any atom is -0.462 e. The molecule has 0 spiro atoms. The van der Waals surface area contributed by atoms with Crippen LogP contribution in [0.5, 0.6) is 0 Å². The maximum absolute atomic E-state index is 12.8. The van der Waals surface area contributed by atoms with E-state index < -0.39 is 5.97 Å². The highest BCUT2D eigenvalue weighted by atomic mass is 16.5. The number of anilines is 1. The van der Waals surface area contributed by atoms with Crippen LogP contribution in [0.1, 0.15) is 28.5 Å². The molecule has 0 bridgehead atoms. The number of hydrogen-bond acceptors (Lipinski definition) is 7. The lowest BCUT2D eigenvalue weighted by Gasteiger charge is -2.13. The average Bonchev–Trinajstić information content (AvgIpc) is 3.07. The van der Waals surface area contributed by atoms with Crippen LogP contribution in [-0.2, 0) is 4.74 Å². The van der Waals surface area contributed by atoms with Crippen LogP contribution < -0.4 is 5.73 Å². The molecule has 2 heterocycles. The lowest BCUT2D eigenvalue weighted by Crippen LogP contribution is -2.14. The molecule has 8 heteroatoms. The third-order valence-corrected chi connectivity index (χ3v) is 4.77. The van der Waals surface area contributed by atoms with E-state index in [1.54, 1.807) is 18.4 Å². The molecule has 8 nitrogen and oxygen atoms in total. The quantitative estimate of drug-likeness (QED) is 0.357. The van der Waals surface area contributed by atoms with Gasteiger partial charge >= 0.3 is 5.97 Å². The van der Waals surface area contributed by atoms with E-state index in [4.69, 9.17) is 10.5 Å². The summed E-state index contributed by atoms with van der Waals surface area (Å²) in [5.74, 6) is -0.299. The van der Waals surface area contributed by atoms with Crippen LogP contribution in [-0.4, -0.2) is 27.2 Å². The van der Waals surface area contributed by atoms with E-state index >= 15 is 0 Å². The van der Waals surface area contributed by atoms with Gasteiger partial charge < -0.3 is 10.5 Å². The maximum Gasteiger partial charge on any atom is 0.342 e. The molecule has 0 atom stereocenters. The number of esters is 1. The smallest absolute Gasteiger partial charge is 0.342 e. The summed E-state index contributed by atoms with van der Waals surface area (Å²) in [4.78, 5) is 17.4. The van der Waals surface area contributed by atoms with Gasteiger partial charge in [-0.25, -0.2) is 14.3 Å². The number of nitrogens with zero attached hydrogens (tertiary/aromatic N) is 5. The second-order valence-corrected chi connectivity index (χ2v) is 7.01. The van der Waals surface area contributed by atoms with Crippen molar-refractivity contribution >= 4 is 28.8 Å². The van der Waals surface area contributed by atoms with Gasteiger partial charge in [-0.15, -0.1) is 10.2 Å². The number of nitrogens with two attached hydrogens (primary N) is 1. The first-order chi connectivity index (χ1) is 15.0. The average molecular weight is 414 g/mol. The number of fused-ring (bicyclic) bond motifs is 1. The highest BCUT2D eigenvalue weighted by Gasteiger charge is 2.25. The van der Waals surface area contributed by atoms with Gasteiger partial charge in [-0.3, -0.25) is 0 Å². The van der Waals surface area contributed by atoms with Gasteiger partial charge in [-0.05, 0) is 32.9 Å². The van der Waals surface area contributed by atoms with Crippen molar-refractivity contribution in [3.05, 3.63) is 71.4 Å². The molecule has 0 aliphatic carbocycles. The molecular formula is C23H22N6O2. The molecule has 4 aromatic rings. The number of carbonyl (C=O) groups excluding carboxylic acids is 1. The van der Waals surface area contributed by atoms with Crippen LogP contribution in [0, 0.1) is 13.8 Å². The summed E-state index contributed by atoms with van der Waals surface area (Å²) >= 11 is 0. The molecule has 31 heavy (non-hydrogen) atoms. The summed E-state index contributed by atoms with van der Waals surface area (Å²) in [5, 5.41) is 13.0. The Hall–Kier alpha value is -4.07. The van der Waals surface area contributed by atoms with E-state index in [0.29, 0.717) is 34.0 Å². The van der Waals surface area contributed by atoms with Crippen LogP contribution in [0.25, 0.3) is 16.9 Å². The van der Waals surface area contributed by atoms with Crippen molar-refractivity contribution in [2.24, 2.45) is 10.2 Å². The number of carbonyl (C=O) groups is 1. The van der Waals surface area contributed by atoms with Crippen LogP contribution in [0.15, 0.2) is 64.8 Å². The van der Waals surface area contributed by atoms with Gasteiger partial charge in [0.15, 0.2) is 17.2 Å². The fourth-order valence-corrected chi connectivity index (χ4v) is 3.29. The lowest BCUT2D eigenvalue weighted by atomic mass is 10.0. The molecule has 0 amide bonds. The Balaban J connectivity index is 1.97. The fourth-order valence-electron chi connectivity index (χ4n) is 3.29. The summed E-state index contributed by atoms with van der Waals surface area (Å²) < 4.78 is 6.83.